The van der Waals surface area contributed by atoms with Crippen LogP contribution >= 0.6 is 23.2 Å². The monoisotopic (exact) mass is 1240 g/mol. The van der Waals surface area contributed by atoms with Crippen molar-refractivity contribution in [1.82, 2.24) is 21.0 Å². The molecular formula is C64H94Cl2N6O7Si4. The van der Waals surface area contributed by atoms with Crippen molar-refractivity contribution in [3.63, 3.8) is 0 Å². The Morgan fingerprint density at radius 1 is 0.590 bits per heavy atom. The molecule has 0 radical (unpaired) electrons. The van der Waals surface area contributed by atoms with Gasteiger partial charge in [-0.2, -0.15) is 0 Å². The van der Waals surface area contributed by atoms with E-state index in [0.29, 0.717) is 57.4 Å². The molecule has 1 heterocycles. The second kappa shape index (κ2) is 27.1. The fourth-order valence-electron chi connectivity index (χ4n) is 7.96. The lowest BCUT2D eigenvalue weighted by atomic mass is 9.91. The van der Waals surface area contributed by atoms with E-state index in [0.717, 1.165) is 33.6 Å². The van der Waals surface area contributed by atoms with Gasteiger partial charge in [0.25, 0.3) is 5.91 Å². The molecule has 0 aliphatic heterocycles. The van der Waals surface area contributed by atoms with Crippen molar-refractivity contribution in [2.75, 3.05) is 0 Å². The van der Waals surface area contributed by atoms with Crippen LogP contribution in [0.4, 0.5) is 11.4 Å². The zero-order valence-electron chi connectivity index (χ0n) is 54.1. The zero-order chi connectivity index (χ0) is 63.2. The SMILES string of the molecule is [C-]#[N+]c1ccc(C[C@@H](C(=O)NNC(=O)c2cccc(O[Si](C)(C)C(C)(C)C)c2)[C@H](C)O[Si](C)(C)C(C)(C)C)c(C)c1Cl.[C-]#[N+]c1ccc(C[C@@H](c2nnc(-c3cccc(O[Si](C)(C)C(C)(C)C)c3)o2)[C@H](C)O[Si](C)(C)C(C)(C)C)c(C)c1Cl. The summed E-state index contributed by atoms with van der Waals surface area (Å²) in [7, 11) is -8.40. The topological polar surface area (TPSA) is 143 Å². The van der Waals surface area contributed by atoms with E-state index in [4.69, 9.17) is 58.5 Å². The number of benzene rings is 4. The summed E-state index contributed by atoms with van der Waals surface area (Å²) in [4.78, 5) is 33.8. The smallest absolute Gasteiger partial charge is 0.269 e. The summed E-state index contributed by atoms with van der Waals surface area (Å²) in [5, 5.41) is 9.96. The number of hydrogen-bond acceptors (Lipinski definition) is 9. The van der Waals surface area contributed by atoms with Gasteiger partial charge in [0, 0.05) is 11.1 Å². The third-order valence-electron chi connectivity index (χ3n) is 17.7. The molecule has 4 atom stereocenters. The van der Waals surface area contributed by atoms with Crippen molar-refractivity contribution in [2.45, 2.75) is 214 Å². The Hall–Kier alpha value is -5.09. The first-order valence-electron chi connectivity index (χ1n) is 28.6. The maximum Gasteiger partial charge on any atom is 0.269 e. The Bertz CT molecular complexity index is 3180. The van der Waals surface area contributed by atoms with Crippen LogP contribution in [-0.4, -0.2) is 67.5 Å². The zero-order valence-corrected chi connectivity index (χ0v) is 59.6. The third-order valence-corrected chi connectivity index (χ3v) is 36.5. The van der Waals surface area contributed by atoms with Gasteiger partial charge in [-0.3, -0.25) is 20.4 Å². The molecule has 1 aromatic heterocycles. The van der Waals surface area contributed by atoms with E-state index >= 15 is 0 Å². The van der Waals surface area contributed by atoms with Gasteiger partial charge in [-0.1, -0.05) is 143 Å². The minimum Gasteiger partial charge on any atom is -0.543 e. The molecule has 0 saturated heterocycles. The van der Waals surface area contributed by atoms with Crippen LogP contribution in [-0.2, 0) is 26.5 Å². The van der Waals surface area contributed by atoms with E-state index in [1.54, 1.807) is 30.3 Å². The molecule has 0 saturated carbocycles. The number of amides is 2. The molecule has 5 aromatic rings. The van der Waals surface area contributed by atoms with Crippen LogP contribution in [0.25, 0.3) is 21.1 Å². The van der Waals surface area contributed by atoms with Gasteiger partial charge in [0.15, 0.2) is 16.6 Å². The van der Waals surface area contributed by atoms with Crippen LogP contribution in [0.15, 0.2) is 77.2 Å². The largest absolute Gasteiger partial charge is 0.543 e. The number of halogens is 2. The molecule has 0 bridgehead atoms. The van der Waals surface area contributed by atoms with Crippen LogP contribution in [0, 0.1) is 32.9 Å². The number of carbonyl (C=O) groups is 2. The summed E-state index contributed by atoms with van der Waals surface area (Å²) in [5.41, 5.74) is 10.8. The predicted octanol–water partition coefficient (Wildman–Crippen LogP) is 19.0. The molecule has 0 spiro atoms. The molecule has 19 heteroatoms. The second-order valence-corrected chi connectivity index (χ2v) is 47.8. The van der Waals surface area contributed by atoms with Crippen molar-refractivity contribution in [3.8, 4) is 23.0 Å². The van der Waals surface area contributed by atoms with Crippen LogP contribution in [0.2, 0.25) is 82.6 Å². The first-order chi connectivity index (χ1) is 37.9. The Labute approximate surface area is 511 Å². The standard InChI is InChI=1S/C32H48ClN3O4Si2.C32H46ClN3O3Si2/c1-21-23(17-18-27(34-9)28(21)33)20-26(22(2)39-41(10,11)31(3,4)5)30(38)36-35-29(37)24-15-14-16-25(19-24)40-42(12,13)32(6,7)8;1-21-23(17-18-27(34-9)28(21)33)20-26(22(2)38-40(10,11)31(3,4)5)30-36-35-29(37-30)24-15-14-16-25(19-24)39-41(12,13)32(6,7)8/h14-19,22,26H,20H2,1-8,10-13H3,(H,35,37)(H,36,38);14-19,22,26H,20H2,1-8,10-13H3/t2*22-,26+/m00/s1. The van der Waals surface area contributed by atoms with Gasteiger partial charge in [-0.25, -0.2) is 9.69 Å². The second-order valence-electron chi connectivity index (χ2n) is 28.0. The number of carbonyl (C=O) groups excluding carboxylic acids is 2. The summed E-state index contributed by atoms with van der Waals surface area (Å²) in [6, 6.07) is 22.2. The Balaban J connectivity index is 0.000000356. The van der Waals surface area contributed by atoms with E-state index in [1.165, 1.54) is 0 Å². The van der Waals surface area contributed by atoms with Crippen molar-refractivity contribution in [2.24, 2.45) is 5.92 Å². The number of nitrogens with zero attached hydrogens (tertiary/aromatic N) is 4. The Kier molecular flexibility index (Phi) is 23.0. The number of hydrazine groups is 1. The van der Waals surface area contributed by atoms with Gasteiger partial charge in [0.1, 0.15) is 11.5 Å². The molecular weight excluding hydrogens is 1150 g/mol. The van der Waals surface area contributed by atoms with Crippen molar-refractivity contribution in [1.29, 1.82) is 0 Å². The van der Waals surface area contributed by atoms with E-state index in [2.05, 4.69) is 173 Å². The maximum absolute atomic E-state index is 13.7. The lowest BCUT2D eigenvalue weighted by Crippen LogP contribution is -2.51. The normalized spacial score (nSPS) is 14.2. The molecule has 2 N–H and O–H groups in total. The van der Waals surface area contributed by atoms with Crippen LogP contribution in [0.5, 0.6) is 11.5 Å². The van der Waals surface area contributed by atoms with Gasteiger partial charge in [0.05, 0.1) is 47.2 Å². The fraction of sp³-hybridized carbons (Fsp3) is 0.531. The molecule has 0 aliphatic rings. The van der Waals surface area contributed by atoms with Crippen LogP contribution < -0.4 is 19.7 Å². The van der Waals surface area contributed by atoms with Crippen molar-refractivity contribution >= 4 is 79.7 Å². The molecule has 13 nitrogen and oxygen atoms in total. The highest BCUT2D eigenvalue weighted by atomic mass is 35.5. The number of nitrogens with one attached hydrogen (secondary N) is 2. The van der Waals surface area contributed by atoms with Crippen molar-refractivity contribution in [3.05, 3.63) is 139 Å². The first-order valence-corrected chi connectivity index (χ1v) is 41.0. The summed E-state index contributed by atoms with van der Waals surface area (Å²) in [6.45, 7) is 66.4. The highest BCUT2D eigenvalue weighted by Crippen LogP contribution is 2.44. The Morgan fingerprint density at radius 2 is 1.02 bits per heavy atom. The van der Waals surface area contributed by atoms with Crippen LogP contribution in [0.1, 0.15) is 141 Å². The minimum absolute atomic E-state index is 0.0102. The average molecular weight is 1240 g/mol. The molecule has 4 aromatic carbocycles. The van der Waals surface area contributed by atoms with Crippen molar-refractivity contribution < 1.29 is 31.7 Å². The summed E-state index contributed by atoms with van der Waals surface area (Å²) >= 11 is 13.0. The molecule has 0 unspecified atom stereocenters. The van der Waals surface area contributed by atoms with Crippen LogP contribution in [0.3, 0.4) is 0 Å². The van der Waals surface area contributed by atoms with Gasteiger partial charge >= 0.3 is 0 Å². The van der Waals surface area contributed by atoms with E-state index in [-0.39, 0.29) is 38.1 Å². The molecule has 0 fully saturated rings. The summed E-state index contributed by atoms with van der Waals surface area (Å²) in [5.74, 6) is 0.770. The molecule has 452 valence electrons. The van der Waals surface area contributed by atoms with Gasteiger partial charge in [-0.05, 0) is 172 Å². The number of rotatable bonds is 18. The van der Waals surface area contributed by atoms with Gasteiger partial charge < -0.3 is 22.1 Å². The minimum atomic E-state index is -2.21. The lowest BCUT2D eigenvalue weighted by Gasteiger charge is -2.40. The third kappa shape index (κ3) is 18.0. The van der Waals surface area contributed by atoms with Gasteiger partial charge in [0.2, 0.25) is 45.7 Å². The number of aromatic nitrogens is 2. The fourth-order valence-corrected chi connectivity index (χ4v) is 13.3. The van der Waals surface area contributed by atoms with E-state index in [9.17, 15) is 9.59 Å². The quantitative estimate of drug-likeness (QED) is 0.0498. The lowest BCUT2D eigenvalue weighted by molar-refractivity contribution is -0.128. The maximum atomic E-state index is 13.7. The highest BCUT2D eigenvalue weighted by Gasteiger charge is 2.44. The average Bonchev–Trinajstić information content (AvgIpc) is 3.85. The van der Waals surface area contributed by atoms with E-state index in [1.807, 2.05) is 63.2 Å². The predicted molar refractivity (Wildman–Crippen MR) is 351 cm³/mol. The molecule has 0 aliphatic carbocycles. The number of hydrogen-bond donors (Lipinski definition) is 2. The highest BCUT2D eigenvalue weighted by molar-refractivity contribution is 6.75. The molecule has 2 amide bonds. The molecule has 83 heavy (non-hydrogen) atoms. The molecule has 5 rings (SSSR count). The summed E-state index contributed by atoms with van der Waals surface area (Å²) < 4.78 is 32.7. The Morgan fingerprint density at radius 3 is 1.48 bits per heavy atom. The van der Waals surface area contributed by atoms with Gasteiger partial charge in [-0.15, -0.1) is 10.2 Å². The summed E-state index contributed by atoms with van der Waals surface area (Å²) in [6.07, 6.45) is 0.298. The first kappa shape index (κ1) is 70.4. The van der Waals surface area contributed by atoms with E-state index < -0.39 is 51.2 Å².